The average Bonchev–Trinajstić information content (AvgIpc) is 3.08. The number of nitrogens with zero attached hydrogens (tertiary/aromatic N) is 4. The summed E-state index contributed by atoms with van der Waals surface area (Å²) in [4.78, 5) is 20.5. The van der Waals surface area contributed by atoms with E-state index in [0.29, 0.717) is 24.1 Å². The van der Waals surface area contributed by atoms with Gasteiger partial charge in [-0.3, -0.25) is 4.79 Å². The van der Waals surface area contributed by atoms with Gasteiger partial charge < -0.3 is 10.4 Å². The number of carbonyl (C=O) groups excluding carboxylic acids is 1. The minimum Gasteiger partial charge on any atom is -0.393 e. The SMILES string of the molecule is Cc1nn(-c2ncc(C(=O)NCC(F)(F)C3CCC(O)CC3)cn2)c2cc(F)ccc12. The van der Waals surface area contributed by atoms with E-state index in [1.165, 1.54) is 29.2 Å². The van der Waals surface area contributed by atoms with Crippen molar-refractivity contribution in [2.24, 2.45) is 5.92 Å². The van der Waals surface area contributed by atoms with E-state index in [4.69, 9.17) is 0 Å². The van der Waals surface area contributed by atoms with Crippen LogP contribution in [0.1, 0.15) is 41.7 Å². The lowest BCUT2D eigenvalue weighted by Crippen LogP contribution is -2.43. The molecule has 1 saturated carbocycles. The standard InChI is InChI=1S/C21H22F3N5O2/c1-12-17-7-4-15(22)8-18(17)29(28-12)20-25-9-13(10-26-20)19(31)27-11-21(23,24)14-2-5-16(30)6-3-14/h4,7-10,14,16,30H,2-3,5-6,11H2,1H3,(H,27,31). The first-order chi connectivity index (χ1) is 14.7. The Hall–Kier alpha value is -3.01. The van der Waals surface area contributed by atoms with Crippen LogP contribution in [0.2, 0.25) is 0 Å². The van der Waals surface area contributed by atoms with E-state index in [0.717, 1.165) is 5.39 Å². The number of carbonyl (C=O) groups is 1. The Morgan fingerprint density at radius 1 is 1.23 bits per heavy atom. The number of aryl methyl sites for hydroxylation is 1. The summed E-state index contributed by atoms with van der Waals surface area (Å²) in [5.74, 6) is -4.95. The Bertz CT molecular complexity index is 1090. The Balaban J connectivity index is 1.45. The number of alkyl halides is 2. The monoisotopic (exact) mass is 433 g/mol. The number of hydrogen-bond donors (Lipinski definition) is 2. The maximum absolute atomic E-state index is 14.4. The third-order valence-electron chi connectivity index (χ3n) is 5.70. The van der Waals surface area contributed by atoms with Crippen molar-refractivity contribution in [2.75, 3.05) is 6.54 Å². The third kappa shape index (κ3) is 4.39. The molecular weight excluding hydrogens is 411 g/mol. The lowest BCUT2D eigenvalue weighted by Gasteiger charge is -2.32. The van der Waals surface area contributed by atoms with Crippen molar-refractivity contribution >= 4 is 16.8 Å². The van der Waals surface area contributed by atoms with Crippen LogP contribution in [0, 0.1) is 18.7 Å². The van der Waals surface area contributed by atoms with Gasteiger partial charge in [-0.15, -0.1) is 0 Å². The van der Waals surface area contributed by atoms with Gasteiger partial charge >= 0.3 is 0 Å². The summed E-state index contributed by atoms with van der Waals surface area (Å²) in [5, 5.41) is 16.8. The third-order valence-corrected chi connectivity index (χ3v) is 5.70. The number of fused-ring (bicyclic) bond motifs is 1. The number of benzene rings is 1. The van der Waals surface area contributed by atoms with E-state index >= 15 is 0 Å². The molecule has 2 N–H and O–H groups in total. The molecule has 3 aromatic rings. The maximum atomic E-state index is 14.4. The van der Waals surface area contributed by atoms with Crippen LogP contribution in [-0.2, 0) is 0 Å². The lowest BCUT2D eigenvalue weighted by atomic mass is 9.83. The highest BCUT2D eigenvalue weighted by molar-refractivity contribution is 5.93. The molecule has 1 aromatic carbocycles. The molecule has 0 unspecified atom stereocenters. The molecule has 0 bridgehead atoms. The van der Waals surface area contributed by atoms with Gasteiger partial charge in [0.05, 0.1) is 29.4 Å². The minimum absolute atomic E-state index is 0.0259. The molecule has 31 heavy (non-hydrogen) atoms. The molecule has 7 nitrogen and oxygen atoms in total. The second kappa shape index (κ2) is 8.26. The van der Waals surface area contributed by atoms with E-state index in [1.807, 2.05) is 0 Å². The Labute approximate surface area is 176 Å². The average molecular weight is 433 g/mol. The fraction of sp³-hybridized carbons (Fsp3) is 0.429. The van der Waals surface area contributed by atoms with Crippen LogP contribution in [0.4, 0.5) is 13.2 Å². The second-order valence-corrected chi connectivity index (χ2v) is 7.88. The Morgan fingerprint density at radius 2 is 1.90 bits per heavy atom. The smallest absolute Gasteiger partial charge is 0.267 e. The largest absolute Gasteiger partial charge is 0.393 e. The van der Waals surface area contributed by atoms with Gasteiger partial charge in [-0.25, -0.2) is 23.1 Å². The number of aliphatic hydroxyl groups excluding tert-OH is 1. The van der Waals surface area contributed by atoms with Gasteiger partial charge in [0.15, 0.2) is 0 Å². The van der Waals surface area contributed by atoms with E-state index in [-0.39, 0.29) is 24.4 Å². The fourth-order valence-electron chi connectivity index (χ4n) is 3.89. The highest BCUT2D eigenvalue weighted by atomic mass is 19.3. The molecule has 1 fully saturated rings. The topological polar surface area (TPSA) is 92.9 Å². The normalized spacial score (nSPS) is 19.5. The molecule has 0 saturated heterocycles. The zero-order valence-corrected chi connectivity index (χ0v) is 16.9. The molecular formula is C21H22F3N5O2. The van der Waals surface area contributed by atoms with Crippen LogP contribution < -0.4 is 5.32 Å². The number of nitrogens with one attached hydrogen (secondary N) is 1. The number of rotatable bonds is 5. The van der Waals surface area contributed by atoms with Crippen molar-refractivity contribution in [1.29, 1.82) is 0 Å². The van der Waals surface area contributed by atoms with Gasteiger partial charge in [-0.1, -0.05) is 0 Å². The molecule has 164 valence electrons. The molecule has 0 spiro atoms. The Morgan fingerprint density at radius 3 is 2.58 bits per heavy atom. The highest BCUT2D eigenvalue weighted by Crippen LogP contribution is 2.36. The van der Waals surface area contributed by atoms with Gasteiger partial charge in [0.1, 0.15) is 5.82 Å². The van der Waals surface area contributed by atoms with Gasteiger partial charge in [0.2, 0.25) is 0 Å². The van der Waals surface area contributed by atoms with Crippen LogP contribution in [0.3, 0.4) is 0 Å². The van der Waals surface area contributed by atoms with Gasteiger partial charge in [-0.2, -0.15) is 9.78 Å². The van der Waals surface area contributed by atoms with Crippen molar-refractivity contribution in [3.05, 3.63) is 47.7 Å². The van der Waals surface area contributed by atoms with Crippen LogP contribution in [-0.4, -0.2) is 49.3 Å². The van der Waals surface area contributed by atoms with Crippen molar-refractivity contribution in [3.8, 4) is 5.95 Å². The maximum Gasteiger partial charge on any atom is 0.267 e. The molecule has 4 rings (SSSR count). The first kappa shape index (κ1) is 21.2. The number of amides is 1. The molecule has 0 atom stereocenters. The molecule has 0 radical (unpaired) electrons. The number of aromatic nitrogens is 4. The molecule has 10 heteroatoms. The minimum atomic E-state index is -3.06. The predicted octanol–water partition coefficient (Wildman–Crippen LogP) is 3.18. The summed E-state index contributed by atoms with van der Waals surface area (Å²) >= 11 is 0. The van der Waals surface area contributed by atoms with Crippen molar-refractivity contribution < 1.29 is 23.1 Å². The second-order valence-electron chi connectivity index (χ2n) is 7.88. The number of aliphatic hydroxyl groups is 1. The van der Waals surface area contributed by atoms with Crippen molar-refractivity contribution in [1.82, 2.24) is 25.1 Å². The zero-order chi connectivity index (χ0) is 22.2. The van der Waals surface area contributed by atoms with Gasteiger partial charge in [0.25, 0.3) is 17.8 Å². The van der Waals surface area contributed by atoms with Gasteiger partial charge in [-0.05, 0) is 44.7 Å². The molecule has 2 heterocycles. The van der Waals surface area contributed by atoms with E-state index in [2.05, 4.69) is 20.4 Å². The fourth-order valence-corrected chi connectivity index (χ4v) is 3.89. The Kier molecular flexibility index (Phi) is 5.65. The zero-order valence-electron chi connectivity index (χ0n) is 16.9. The first-order valence-electron chi connectivity index (χ1n) is 10.1. The van der Waals surface area contributed by atoms with E-state index in [9.17, 15) is 23.1 Å². The first-order valence-corrected chi connectivity index (χ1v) is 10.1. The van der Waals surface area contributed by atoms with Crippen LogP contribution >= 0.6 is 0 Å². The molecule has 0 aliphatic heterocycles. The summed E-state index contributed by atoms with van der Waals surface area (Å²) in [6.07, 6.45) is 3.04. The van der Waals surface area contributed by atoms with Crippen LogP contribution in [0.5, 0.6) is 0 Å². The molecule has 1 aliphatic rings. The van der Waals surface area contributed by atoms with Crippen molar-refractivity contribution in [2.45, 2.75) is 44.6 Å². The predicted molar refractivity (Wildman–Crippen MR) is 107 cm³/mol. The summed E-state index contributed by atoms with van der Waals surface area (Å²) < 4.78 is 43.8. The molecule has 1 aliphatic carbocycles. The molecule has 1 amide bonds. The summed E-state index contributed by atoms with van der Waals surface area (Å²) in [5.41, 5.74) is 1.17. The van der Waals surface area contributed by atoms with Crippen LogP contribution in [0.15, 0.2) is 30.6 Å². The van der Waals surface area contributed by atoms with Gasteiger partial charge in [0, 0.05) is 29.8 Å². The van der Waals surface area contributed by atoms with E-state index in [1.54, 1.807) is 13.0 Å². The highest BCUT2D eigenvalue weighted by Gasteiger charge is 2.41. The number of halogens is 3. The van der Waals surface area contributed by atoms with E-state index < -0.39 is 36.2 Å². The van der Waals surface area contributed by atoms with Crippen LogP contribution in [0.25, 0.3) is 16.9 Å². The lowest BCUT2D eigenvalue weighted by molar-refractivity contribution is -0.0775. The van der Waals surface area contributed by atoms with Crippen molar-refractivity contribution in [3.63, 3.8) is 0 Å². The summed E-state index contributed by atoms with van der Waals surface area (Å²) in [6.45, 7) is 0.975. The summed E-state index contributed by atoms with van der Waals surface area (Å²) in [6, 6.07) is 4.26. The quantitative estimate of drug-likeness (QED) is 0.645. The number of hydrogen-bond acceptors (Lipinski definition) is 5. The molecule has 2 aromatic heterocycles. The summed E-state index contributed by atoms with van der Waals surface area (Å²) in [7, 11) is 0.